The number of aromatic nitrogens is 3. The molecule has 190 valence electrons. The Bertz CT molecular complexity index is 1320. The Morgan fingerprint density at radius 1 is 0.917 bits per heavy atom. The van der Waals surface area contributed by atoms with Crippen molar-refractivity contribution in [1.82, 2.24) is 19.4 Å². The van der Waals surface area contributed by atoms with Crippen LogP contribution in [0.1, 0.15) is 30.0 Å². The van der Waals surface area contributed by atoms with E-state index in [1.807, 2.05) is 47.2 Å². The first-order valence-corrected chi connectivity index (χ1v) is 12.0. The molecule has 1 aliphatic heterocycles. The molecule has 0 amide bonds. The minimum atomic E-state index is 0. The number of hydrogen-bond acceptors (Lipinski definition) is 5. The predicted molar refractivity (Wildman–Crippen MR) is 152 cm³/mol. The zero-order chi connectivity index (χ0) is 23.5. The fraction of sp³-hybridized carbons (Fsp3) is 0.321. The van der Waals surface area contributed by atoms with E-state index in [1.54, 1.807) is 6.33 Å². The highest BCUT2D eigenvalue weighted by molar-refractivity contribution is 5.85. The summed E-state index contributed by atoms with van der Waals surface area (Å²) in [5.74, 6) is 0.969. The summed E-state index contributed by atoms with van der Waals surface area (Å²) in [5, 5.41) is 0.701. The van der Waals surface area contributed by atoms with Gasteiger partial charge in [0.05, 0.1) is 17.2 Å². The molecule has 6 nitrogen and oxygen atoms in total. The molecule has 0 aliphatic carbocycles. The summed E-state index contributed by atoms with van der Waals surface area (Å²) < 4.78 is 1.84. The first kappa shape index (κ1) is 27.7. The highest BCUT2D eigenvalue weighted by atomic mass is 35.5. The molecular weight excluding hydrogens is 493 g/mol. The molecule has 5 rings (SSSR count). The van der Waals surface area contributed by atoms with Gasteiger partial charge in [0.1, 0.15) is 5.82 Å². The van der Waals surface area contributed by atoms with Gasteiger partial charge < -0.3 is 9.80 Å². The van der Waals surface area contributed by atoms with E-state index < -0.39 is 0 Å². The van der Waals surface area contributed by atoms with Gasteiger partial charge in [0, 0.05) is 44.1 Å². The Morgan fingerprint density at radius 3 is 2.31 bits per heavy atom. The molecule has 0 bridgehead atoms. The molecule has 1 saturated heterocycles. The van der Waals surface area contributed by atoms with Crippen molar-refractivity contribution in [3.05, 3.63) is 94.7 Å². The monoisotopic (exact) mass is 525 g/mol. The van der Waals surface area contributed by atoms with E-state index in [-0.39, 0.29) is 36.4 Å². The van der Waals surface area contributed by atoms with Crippen molar-refractivity contribution in [1.29, 1.82) is 0 Å². The third kappa shape index (κ3) is 6.06. The van der Waals surface area contributed by atoms with Crippen LogP contribution in [0.3, 0.4) is 0 Å². The molecule has 0 atom stereocenters. The molecular formula is C28H33Cl2N5O. The molecule has 0 saturated carbocycles. The molecule has 2 aromatic heterocycles. The molecule has 36 heavy (non-hydrogen) atoms. The zero-order valence-electron chi connectivity index (χ0n) is 20.7. The standard InChI is InChI=1S/C28H31N5O.2ClH/c1-21-17-22(2)19-24(18-21)32(27-9-5-6-12-29-27)16-15-31-13-10-23(11-14-31)33-20-30-26-8-4-3-7-25(26)28(33)34;;/h3-9,12,17-20,23H,10-11,13-16H2,1-2H3;2*1H. The van der Waals surface area contributed by atoms with Gasteiger partial charge in [0.25, 0.3) is 5.56 Å². The number of fused-ring (bicyclic) bond motifs is 1. The maximum absolute atomic E-state index is 13.0. The van der Waals surface area contributed by atoms with Crippen LogP contribution in [-0.4, -0.2) is 45.6 Å². The summed E-state index contributed by atoms with van der Waals surface area (Å²) in [4.78, 5) is 26.9. The number of likely N-dealkylation sites (tertiary alicyclic amines) is 1. The summed E-state index contributed by atoms with van der Waals surface area (Å²) in [6, 6.07) is 20.5. The van der Waals surface area contributed by atoms with Crippen LogP contribution < -0.4 is 10.5 Å². The van der Waals surface area contributed by atoms with Gasteiger partial charge in [0.2, 0.25) is 0 Å². The van der Waals surface area contributed by atoms with Gasteiger partial charge in [-0.1, -0.05) is 24.3 Å². The van der Waals surface area contributed by atoms with E-state index in [0.717, 1.165) is 50.4 Å². The number of pyridine rings is 1. The highest BCUT2D eigenvalue weighted by Gasteiger charge is 2.23. The van der Waals surface area contributed by atoms with Crippen LogP contribution in [0.15, 0.2) is 78.0 Å². The SMILES string of the molecule is Cc1cc(C)cc(N(CCN2CCC(n3cnc4ccccc4c3=O)CC2)c2ccccn2)c1.Cl.Cl. The van der Waals surface area contributed by atoms with E-state index in [2.05, 4.69) is 57.9 Å². The highest BCUT2D eigenvalue weighted by Crippen LogP contribution is 2.27. The molecule has 1 fully saturated rings. The predicted octanol–water partition coefficient (Wildman–Crippen LogP) is 5.73. The topological polar surface area (TPSA) is 54.3 Å². The quantitative estimate of drug-likeness (QED) is 0.321. The van der Waals surface area contributed by atoms with Crippen LogP contribution >= 0.6 is 24.8 Å². The molecule has 1 aliphatic rings. The van der Waals surface area contributed by atoms with E-state index in [9.17, 15) is 4.79 Å². The third-order valence-electron chi connectivity index (χ3n) is 6.72. The van der Waals surface area contributed by atoms with Crippen LogP contribution in [-0.2, 0) is 0 Å². The van der Waals surface area contributed by atoms with E-state index in [1.165, 1.54) is 16.8 Å². The van der Waals surface area contributed by atoms with Gasteiger partial charge in [0.15, 0.2) is 0 Å². The lowest BCUT2D eigenvalue weighted by Gasteiger charge is -2.34. The summed E-state index contributed by atoms with van der Waals surface area (Å²) in [6.07, 6.45) is 5.49. The Kier molecular flexibility index (Phi) is 9.49. The normalized spacial score (nSPS) is 14.2. The Balaban J connectivity index is 0.00000180. The molecule has 0 unspecified atom stereocenters. The van der Waals surface area contributed by atoms with Gasteiger partial charge >= 0.3 is 0 Å². The van der Waals surface area contributed by atoms with Crippen molar-refractivity contribution in [2.24, 2.45) is 0 Å². The molecule has 3 heterocycles. The minimum Gasteiger partial charge on any atom is -0.325 e. The van der Waals surface area contributed by atoms with Crippen LogP contribution in [0.4, 0.5) is 11.5 Å². The zero-order valence-corrected chi connectivity index (χ0v) is 22.3. The van der Waals surface area contributed by atoms with Gasteiger partial charge in [-0.25, -0.2) is 9.97 Å². The maximum atomic E-state index is 13.0. The first-order valence-electron chi connectivity index (χ1n) is 12.0. The van der Waals surface area contributed by atoms with Crippen molar-refractivity contribution >= 4 is 47.2 Å². The van der Waals surface area contributed by atoms with Gasteiger partial charge in [-0.2, -0.15) is 0 Å². The molecule has 2 aromatic carbocycles. The molecule has 8 heteroatoms. The van der Waals surface area contributed by atoms with Crippen LogP contribution in [0.2, 0.25) is 0 Å². The number of anilines is 2. The minimum absolute atomic E-state index is 0. The first-order chi connectivity index (χ1) is 16.6. The molecule has 4 aromatic rings. The van der Waals surface area contributed by atoms with Crippen molar-refractivity contribution in [3.8, 4) is 0 Å². The van der Waals surface area contributed by atoms with Crippen molar-refractivity contribution < 1.29 is 0 Å². The molecule has 0 N–H and O–H groups in total. The number of benzene rings is 2. The Morgan fingerprint density at radius 2 is 1.61 bits per heavy atom. The van der Waals surface area contributed by atoms with Gasteiger partial charge in [-0.15, -0.1) is 24.8 Å². The van der Waals surface area contributed by atoms with Crippen LogP contribution in [0, 0.1) is 13.8 Å². The molecule has 0 spiro atoms. The number of aryl methyl sites for hydroxylation is 2. The number of rotatable bonds is 6. The second-order valence-corrected chi connectivity index (χ2v) is 9.23. The number of para-hydroxylation sites is 1. The second-order valence-electron chi connectivity index (χ2n) is 9.23. The number of nitrogens with zero attached hydrogens (tertiary/aromatic N) is 5. The van der Waals surface area contributed by atoms with Crippen molar-refractivity contribution in [3.63, 3.8) is 0 Å². The lowest BCUT2D eigenvalue weighted by atomic mass is 10.0. The van der Waals surface area contributed by atoms with Crippen LogP contribution in [0.25, 0.3) is 10.9 Å². The Labute approximate surface area is 224 Å². The summed E-state index contributed by atoms with van der Waals surface area (Å²) >= 11 is 0. The van der Waals surface area contributed by atoms with Crippen LogP contribution in [0.5, 0.6) is 0 Å². The summed E-state index contributed by atoms with van der Waals surface area (Å²) in [7, 11) is 0. The van der Waals surface area contributed by atoms with E-state index >= 15 is 0 Å². The Hall–Kier alpha value is -2.93. The number of piperidine rings is 1. The van der Waals surface area contributed by atoms with Crippen molar-refractivity contribution in [2.45, 2.75) is 32.7 Å². The smallest absolute Gasteiger partial charge is 0.261 e. The average molecular weight is 527 g/mol. The largest absolute Gasteiger partial charge is 0.325 e. The van der Waals surface area contributed by atoms with Gasteiger partial charge in [-0.05, 0) is 74.2 Å². The van der Waals surface area contributed by atoms with Gasteiger partial charge in [-0.3, -0.25) is 9.36 Å². The second kappa shape index (κ2) is 12.3. The maximum Gasteiger partial charge on any atom is 0.261 e. The van der Waals surface area contributed by atoms with Crippen molar-refractivity contribution in [2.75, 3.05) is 31.1 Å². The number of halogens is 2. The molecule has 0 radical (unpaired) electrons. The fourth-order valence-electron chi connectivity index (χ4n) is 5.00. The van der Waals surface area contributed by atoms with E-state index in [4.69, 9.17) is 0 Å². The third-order valence-corrected chi connectivity index (χ3v) is 6.72. The fourth-order valence-corrected chi connectivity index (χ4v) is 5.00. The average Bonchev–Trinajstić information content (AvgIpc) is 2.85. The number of hydrogen-bond donors (Lipinski definition) is 0. The lowest BCUT2D eigenvalue weighted by molar-refractivity contribution is 0.188. The van der Waals surface area contributed by atoms with E-state index in [0.29, 0.717) is 5.39 Å². The lowest BCUT2D eigenvalue weighted by Crippen LogP contribution is -2.41. The summed E-state index contributed by atoms with van der Waals surface area (Å²) in [5.41, 5.74) is 4.53. The summed E-state index contributed by atoms with van der Waals surface area (Å²) in [6.45, 7) is 8.02.